The van der Waals surface area contributed by atoms with E-state index in [-0.39, 0.29) is 17.4 Å². The molecular weight excluding hydrogens is 204 g/mol. The third kappa shape index (κ3) is 3.46. The second-order valence-electron chi connectivity index (χ2n) is 5.03. The molecular formula is C12H24N2O2. The largest absolute Gasteiger partial charge is 0.373 e. The molecule has 0 spiro atoms. The zero-order valence-corrected chi connectivity index (χ0v) is 10.6. The van der Waals surface area contributed by atoms with Crippen molar-refractivity contribution < 1.29 is 9.53 Å². The summed E-state index contributed by atoms with van der Waals surface area (Å²) in [5.74, 6) is 0.156. The molecule has 1 unspecified atom stereocenters. The Balaban J connectivity index is 2.34. The summed E-state index contributed by atoms with van der Waals surface area (Å²) >= 11 is 0. The smallest absolute Gasteiger partial charge is 0.237 e. The van der Waals surface area contributed by atoms with Crippen molar-refractivity contribution in [3.05, 3.63) is 0 Å². The van der Waals surface area contributed by atoms with Gasteiger partial charge in [-0.05, 0) is 25.7 Å². The molecule has 1 heterocycles. The molecule has 16 heavy (non-hydrogen) atoms. The number of nitrogens with one attached hydrogen (secondary N) is 1. The van der Waals surface area contributed by atoms with Crippen molar-refractivity contribution in [3.8, 4) is 0 Å². The van der Waals surface area contributed by atoms with Crippen LogP contribution in [0.1, 0.15) is 40.0 Å². The van der Waals surface area contributed by atoms with Crippen LogP contribution in [0.2, 0.25) is 0 Å². The van der Waals surface area contributed by atoms with Gasteiger partial charge in [-0.3, -0.25) is 4.79 Å². The molecule has 94 valence electrons. The van der Waals surface area contributed by atoms with Gasteiger partial charge in [-0.1, -0.05) is 20.3 Å². The van der Waals surface area contributed by atoms with Crippen LogP contribution in [0.4, 0.5) is 0 Å². The van der Waals surface area contributed by atoms with E-state index in [0.29, 0.717) is 6.54 Å². The Kier molecular flexibility index (Phi) is 4.74. The fourth-order valence-electron chi connectivity index (χ4n) is 1.88. The third-order valence-corrected chi connectivity index (χ3v) is 3.50. The molecule has 0 bridgehead atoms. The average molecular weight is 228 g/mol. The summed E-state index contributed by atoms with van der Waals surface area (Å²) in [6.45, 7) is 7.44. The Hall–Kier alpha value is -0.610. The van der Waals surface area contributed by atoms with Gasteiger partial charge in [0.25, 0.3) is 0 Å². The second kappa shape index (κ2) is 5.64. The number of hydrogen-bond acceptors (Lipinski definition) is 3. The van der Waals surface area contributed by atoms with E-state index in [1.807, 2.05) is 20.8 Å². The summed E-state index contributed by atoms with van der Waals surface area (Å²) in [6, 6.07) is -0.407. The first-order valence-corrected chi connectivity index (χ1v) is 6.16. The normalized spacial score (nSPS) is 28.8. The lowest BCUT2D eigenvalue weighted by molar-refractivity contribution is -0.124. The maximum absolute atomic E-state index is 11.8. The quantitative estimate of drug-likeness (QED) is 0.739. The summed E-state index contributed by atoms with van der Waals surface area (Å²) in [7, 11) is 0. The molecule has 0 aromatic carbocycles. The first kappa shape index (κ1) is 13.5. The van der Waals surface area contributed by atoms with Gasteiger partial charge in [0.15, 0.2) is 0 Å². The van der Waals surface area contributed by atoms with Crippen molar-refractivity contribution >= 4 is 5.91 Å². The van der Waals surface area contributed by atoms with Crippen LogP contribution in [0.25, 0.3) is 0 Å². The molecule has 3 N–H and O–H groups in total. The highest BCUT2D eigenvalue weighted by Gasteiger charge is 2.31. The van der Waals surface area contributed by atoms with E-state index >= 15 is 0 Å². The Morgan fingerprint density at radius 2 is 2.31 bits per heavy atom. The van der Waals surface area contributed by atoms with Crippen molar-refractivity contribution in [1.82, 2.24) is 5.32 Å². The van der Waals surface area contributed by atoms with E-state index < -0.39 is 6.04 Å². The molecule has 0 aliphatic carbocycles. The Bertz CT molecular complexity index is 237. The molecule has 1 rings (SSSR count). The summed E-state index contributed by atoms with van der Waals surface area (Å²) in [4.78, 5) is 11.8. The fraction of sp³-hybridized carbons (Fsp3) is 0.917. The van der Waals surface area contributed by atoms with Crippen LogP contribution in [0, 0.1) is 5.92 Å². The number of nitrogens with two attached hydrogens (primary N) is 1. The lowest BCUT2D eigenvalue weighted by Crippen LogP contribution is -2.49. The van der Waals surface area contributed by atoms with E-state index in [4.69, 9.17) is 10.5 Å². The van der Waals surface area contributed by atoms with Gasteiger partial charge in [0.2, 0.25) is 5.91 Å². The standard InChI is InChI=1S/C12H24N2O2/c1-4-9(2)10(13)11(15)14-8-12(3)6-5-7-16-12/h9-10H,4-8,13H2,1-3H3,(H,14,15)/t9-,10-,12?/m0/s1. The van der Waals surface area contributed by atoms with Gasteiger partial charge in [-0.2, -0.15) is 0 Å². The van der Waals surface area contributed by atoms with Gasteiger partial charge in [-0.15, -0.1) is 0 Å². The van der Waals surface area contributed by atoms with Crippen LogP contribution in [-0.2, 0) is 9.53 Å². The lowest BCUT2D eigenvalue weighted by Gasteiger charge is -2.25. The number of amides is 1. The molecule has 1 saturated heterocycles. The zero-order chi connectivity index (χ0) is 12.2. The number of carbonyl (C=O) groups excluding carboxylic acids is 1. The summed E-state index contributed by atoms with van der Waals surface area (Å²) in [5, 5.41) is 2.89. The van der Waals surface area contributed by atoms with Gasteiger partial charge in [-0.25, -0.2) is 0 Å². The molecule has 0 saturated carbocycles. The topological polar surface area (TPSA) is 64.4 Å². The molecule has 3 atom stereocenters. The van der Waals surface area contributed by atoms with Crippen molar-refractivity contribution in [2.45, 2.75) is 51.7 Å². The highest BCUT2D eigenvalue weighted by Crippen LogP contribution is 2.23. The summed E-state index contributed by atoms with van der Waals surface area (Å²) < 4.78 is 5.60. The zero-order valence-electron chi connectivity index (χ0n) is 10.6. The van der Waals surface area contributed by atoms with Crippen LogP contribution < -0.4 is 11.1 Å². The monoisotopic (exact) mass is 228 g/mol. The minimum absolute atomic E-state index is 0.0638. The molecule has 0 aromatic rings. The highest BCUT2D eigenvalue weighted by molar-refractivity contribution is 5.81. The van der Waals surface area contributed by atoms with E-state index in [1.54, 1.807) is 0 Å². The van der Waals surface area contributed by atoms with Crippen LogP contribution in [-0.4, -0.2) is 30.7 Å². The first-order chi connectivity index (χ1) is 7.48. The van der Waals surface area contributed by atoms with Crippen molar-refractivity contribution in [1.29, 1.82) is 0 Å². The van der Waals surface area contributed by atoms with Crippen molar-refractivity contribution in [3.63, 3.8) is 0 Å². The van der Waals surface area contributed by atoms with E-state index in [9.17, 15) is 4.79 Å². The van der Waals surface area contributed by atoms with Gasteiger partial charge in [0.1, 0.15) is 0 Å². The average Bonchev–Trinajstić information content (AvgIpc) is 2.71. The van der Waals surface area contributed by atoms with Crippen LogP contribution >= 0.6 is 0 Å². The Morgan fingerprint density at radius 1 is 1.62 bits per heavy atom. The fourth-order valence-corrected chi connectivity index (χ4v) is 1.88. The minimum atomic E-state index is -0.407. The van der Waals surface area contributed by atoms with E-state index in [0.717, 1.165) is 25.9 Å². The van der Waals surface area contributed by atoms with Crippen LogP contribution in [0.3, 0.4) is 0 Å². The van der Waals surface area contributed by atoms with Crippen molar-refractivity contribution in [2.24, 2.45) is 11.7 Å². The molecule has 0 aromatic heterocycles. The SMILES string of the molecule is CC[C@H](C)[C@H](N)C(=O)NCC1(C)CCCO1. The number of carbonyl (C=O) groups is 1. The van der Waals surface area contributed by atoms with Gasteiger partial charge < -0.3 is 15.8 Å². The molecule has 1 fully saturated rings. The maximum atomic E-state index is 11.8. The number of hydrogen-bond donors (Lipinski definition) is 2. The lowest BCUT2D eigenvalue weighted by atomic mass is 9.98. The number of ether oxygens (including phenoxy) is 1. The van der Waals surface area contributed by atoms with Gasteiger partial charge >= 0.3 is 0 Å². The van der Waals surface area contributed by atoms with Crippen LogP contribution in [0.5, 0.6) is 0 Å². The van der Waals surface area contributed by atoms with Gasteiger partial charge in [0, 0.05) is 13.2 Å². The number of rotatable bonds is 5. The maximum Gasteiger partial charge on any atom is 0.237 e. The summed E-state index contributed by atoms with van der Waals surface area (Å²) in [5.41, 5.74) is 5.66. The van der Waals surface area contributed by atoms with E-state index in [1.165, 1.54) is 0 Å². The highest BCUT2D eigenvalue weighted by atomic mass is 16.5. The minimum Gasteiger partial charge on any atom is -0.373 e. The molecule has 1 aliphatic rings. The summed E-state index contributed by atoms with van der Waals surface area (Å²) in [6.07, 6.45) is 3.00. The second-order valence-corrected chi connectivity index (χ2v) is 5.03. The predicted octanol–water partition coefficient (Wildman–Crippen LogP) is 1.05. The first-order valence-electron chi connectivity index (χ1n) is 6.16. The third-order valence-electron chi connectivity index (χ3n) is 3.50. The predicted molar refractivity (Wildman–Crippen MR) is 64.0 cm³/mol. The molecule has 1 amide bonds. The Labute approximate surface area is 97.9 Å². The molecule has 1 aliphatic heterocycles. The van der Waals surface area contributed by atoms with Gasteiger partial charge in [0.05, 0.1) is 11.6 Å². The Morgan fingerprint density at radius 3 is 2.81 bits per heavy atom. The van der Waals surface area contributed by atoms with Crippen LogP contribution in [0.15, 0.2) is 0 Å². The molecule has 4 nitrogen and oxygen atoms in total. The van der Waals surface area contributed by atoms with Crippen molar-refractivity contribution in [2.75, 3.05) is 13.2 Å². The van der Waals surface area contributed by atoms with E-state index in [2.05, 4.69) is 5.32 Å². The molecule has 0 radical (unpaired) electrons. The molecule has 4 heteroatoms.